The first-order valence-corrected chi connectivity index (χ1v) is 6.02. The molecule has 0 unspecified atom stereocenters. The van der Waals surface area contributed by atoms with E-state index in [-0.39, 0.29) is 19.5 Å². The molecule has 8 nitrogen and oxygen atoms in total. The summed E-state index contributed by atoms with van der Waals surface area (Å²) in [5, 5.41) is 0. The van der Waals surface area contributed by atoms with E-state index >= 15 is 0 Å². The van der Waals surface area contributed by atoms with E-state index in [4.69, 9.17) is 33.3 Å². The van der Waals surface area contributed by atoms with E-state index in [1.807, 2.05) is 0 Å². The van der Waals surface area contributed by atoms with Crippen LogP contribution in [-0.4, -0.2) is 33.3 Å². The van der Waals surface area contributed by atoms with Crippen LogP contribution in [0.15, 0.2) is 0 Å². The van der Waals surface area contributed by atoms with E-state index in [0.29, 0.717) is 0 Å². The van der Waals surface area contributed by atoms with E-state index in [9.17, 15) is 0 Å². The van der Waals surface area contributed by atoms with Crippen molar-refractivity contribution < 1.29 is 81.6 Å². The molecule has 11 heteroatoms. The molecule has 0 aliphatic heterocycles. The fourth-order valence-electron chi connectivity index (χ4n) is 0. The molecule has 0 spiro atoms. The summed E-state index contributed by atoms with van der Waals surface area (Å²) in [5.41, 5.74) is 0. The van der Waals surface area contributed by atoms with Gasteiger partial charge in [-0.05, 0) is 0 Å². The van der Waals surface area contributed by atoms with Crippen molar-refractivity contribution in [3.8, 4) is 0 Å². The van der Waals surface area contributed by atoms with Crippen LogP contribution in [0.3, 0.4) is 0 Å². The van der Waals surface area contributed by atoms with Gasteiger partial charge in [0.1, 0.15) is 0 Å². The van der Waals surface area contributed by atoms with E-state index in [0.717, 1.165) is 0 Å². The van der Waals surface area contributed by atoms with Crippen LogP contribution < -0.4 is 0 Å². The molecule has 0 radical (unpaired) electrons. The van der Waals surface area contributed by atoms with Crippen molar-refractivity contribution in [2.45, 2.75) is 0 Å². The third kappa shape index (κ3) is 533. The average molecular weight is 305 g/mol. The Balaban J connectivity index is -0.000000107. The molecule has 0 atom stereocenters. The molecule has 0 bridgehead atoms. The Morgan fingerprint density at radius 2 is 0.455 bits per heavy atom. The summed E-state index contributed by atoms with van der Waals surface area (Å²) in [5.74, 6) is 0. The molecule has 0 aromatic rings. The first-order valence-electron chi connectivity index (χ1n) is 1.46. The molecule has 0 saturated carbocycles. The Bertz CT molecular complexity index is 55.1. The molecule has 0 heterocycles. The second kappa shape index (κ2) is 6.84. The molecule has 0 aromatic heterocycles. The van der Waals surface area contributed by atoms with E-state index < -0.39 is 28.8 Å². The normalized spacial score (nSPS) is 13.8. The maximum atomic E-state index is 7.34. The maximum absolute atomic E-state index is 7.34. The molecular weight excluding hydrogens is 297 g/mol. The van der Waals surface area contributed by atoms with Crippen molar-refractivity contribution >= 4 is 0 Å². The molecule has 0 amide bonds. The summed E-state index contributed by atoms with van der Waals surface area (Å²) in [6, 6.07) is 0. The molecule has 0 aromatic carbocycles. The van der Waals surface area contributed by atoms with Crippen LogP contribution in [0.2, 0.25) is 0 Å². The molecule has 0 fully saturated rings. The van der Waals surface area contributed by atoms with Crippen molar-refractivity contribution in [1.29, 1.82) is 0 Å². The zero-order chi connectivity index (χ0) is 9.00. The van der Waals surface area contributed by atoms with Crippen LogP contribution in [0.4, 0.5) is 0 Å². The average Bonchev–Trinajstić information content (AvgIpc) is 1.12. The van der Waals surface area contributed by atoms with Gasteiger partial charge >= 0.3 is 81.6 Å². The minimum Gasteiger partial charge on any atom is 2.00 e. The first kappa shape index (κ1) is 18.2. The number of hydrogen-bond donors (Lipinski definition) is 8. The Kier molecular flexibility index (Phi) is 11.3. The monoisotopic (exact) mass is 304 g/mol. The Morgan fingerprint density at radius 3 is 0.455 bits per heavy atom. The van der Waals surface area contributed by atoms with E-state index in [1.54, 1.807) is 0 Å². The van der Waals surface area contributed by atoms with E-state index in [2.05, 4.69) is 0 Å². The Morgan fingerprint density at radius 1 is 0.455 bits per heavy atom. The Hall–Kier alpha value is 1.37. The zero-order valence-electron chi connectivity index (χ0n) is 5.10. The minimum absolute atomic E-state index is 0. The van der Waals surface area contributed by atoms with Gasteiger partial charge in [-0.3, -0.25) is 0 Å². The minimum atomic E-state index is -4.75. The predicted molar refractivity (Wildman–Crippen MR) is 17.8 cm³/mol. The van der Waals surface area contributed by atoms with Gasteiger partial charge in [0.05, 0.1) is 0 Å². The second-order valence-electron chi connectivity index (χ2n) is 0.980. The van der Waals surface area contributed by atoms with Crippen LogP contribution >= 0.6 is 0 Å². The molecule has 8 N–H and O–H groups in total. The maximum Gasteiger partial charge on any atom is 2.00 e. The van der Waals surface area contributed by atoms with Crippen LogP contribution in [0.25, 0.3) is 0 Å². The van der Waals surface area contributed by atoms with E-state index in [1.165, 1.54) is 0 Å². The van der Waals surface area contributed by atoms with Crippen molar-refractivity contribution in [2.75, 3.05) is 0 Å². The van der Waals surface area contributed by atoms with Crippen LogP contribution in [0.1, 0.15) is 0 Å². The van der Waals surface area contributed by atoms with Gasteiger partial charge in [-0.25, -0.2) is 0 Å². The molecule has 70 valence electrons. The summed E-state index contributed by atoms with van der Waals surface area (Å²) in [7, 11) is 0. The van der Waals surface area contributed by atoms with Crippen LogP contribution in [-0.2, 0) is 48.3 Å². The smallest absolute Gasteiger partial charge is 2.00 e. The summed E-state index contributed by atoms with van der Waals surface area (Å²) in [6.45, 7) is 0. The number of hydrogen-bond acceptors (Lipinski definition) is 8. The standard InChI is InChI=1S/2Cr.8H2O.Zn/h;;8*1H2;/q2*+3;;;;;;;;;+2/p-8. The van der Waals surface area contributed by atoms with Crippen molar-refractivity contribution in [3.63, 3.8) is 0 Å². The topological polar surface area (TPSA) is 162 Å². The summed E-state index contributed by atoms with van der Waals surface area (Å²) < 4.78 is 58.8. The fourth-order valence-corrected chi connectivity index (χ4v) is 0. The summed E-state index contributed by atoms with van der Waals surface area (Å²) in [4.78, 5) is 0. The molecule has 0 aliphatic rings. The summed E-state index contributed by atoms with van der Waals surface area (Å²) in [6.07, 6.45) is 0. The number of rotatable bonds is 0. The molecular formula is H8Cr2O8Zn. The molecule has 11 heavy (non-hydrogen) atoms. The van der Waals surface area contributed by atoms with Gasteiger partial charge in [0.2, 0.25) is 0 Å². The SMILES string of the molecule is [OH][Cr-]([OH])([OH])[OH].[OH][Cr-]([OH])([OH])[OH].[Zn+2]. The van der Waals surface area contributed by atoms with Gasteiger partial charge in [-0.15, -0.1) is 0 Å². The third-order valence-electron chi connectivity index (χ3n) is 0. The van der Waals surface area contributed by atoms with Crippen molar-refractivity contribution in [3.05, 3.63) is 0 Å². The summed E-state index contributed by atoms with van der Waals surface area (Å²) >= 11 is -9.50. The third-order valence-corrected chi connectivity index (χ3v) is 0. The molecule has 0 saturated heterocycles. The van der Waals surface area contributed by atoms with Gasteiger partial charge in [0.15, 0.2) is 0 Å². The van der Waals surface area contributed by atoms with Crippen molar-refractivity contribution in [2.24, 2.45) is 0 Å². The van der Waals surface area contributed by atoms with Crippen LogP contribution in [0, 0.1) is 0 Å². The largest absolute Gasteiger partial charge is 2.00 e. The van der Waals surface area contributed by atoms with Gasteiger partial charge in [0, 0.05) is 0 Å². The van der Waals surface area contributed by atoms with Gasteiger partial charge in [-0.2, -0.15) is 0 Å². The quantitative estimate of drug-likeness (QED) is 0.208. The first-order chi connectivity index (χ1) is 4.00. The molecule has 0 aliphatic carbocycles. The van der Waals surface area contributed by atoms with Gasteiger partial charge in [-0.1, -0.05) is 0 Å². The zero-order valence-corrected chi connectivity index (χ0v) is 10.6. The Labute approximate surface area is 81.4 Å². The van der Waals surface area contributed by atoms with Gasteiger partial charge < -0.3 is 0 Å². The van der Waals surface area contributed by atoms with Gasteiger partial charge in [0.25, 0.3) is 0 Å². The predicted octanol–water partition coefficient (Wildman–Crippen LogP) is -4.46. The molecule has 0 rings (SSSR count). The fraction of sp³-hybridized carbons (Fsp3) is 0. The van der Waals surface area contributed by atoms with Crippen molar-refractivity contribution in [1.82, 2.24) is 0 Å². The van der Waals surface area contributed by atoms with Crippen LogP contribution in [0.5, 0.6) is 0 Å². The second-order valence-corrected chi connectivity index (χ2v) is 4.04.